The molecule has 0 aromatic heterocycles. The van der Waals surface area contributed by atoms with Crippen LogP contribution >= 0.6 is 0 Å². The quantitative estimate of drug-likeness (QED) is 0.647. The maximum atomic E-state index is 6.00. The summed E-state index contributed by atoms with van der Waals surface area (Å²) in [5.41, 5.74) is 1.21. The number of allylic oxidation sites excluding steroid dienone is 3. The van der Waals surface area contributed by atoms with Crippen molar-refractivity contribution in [3.63, 3.8) is 0 Å². The minimum absolute atomic E-state index is 0.141. The summed E-state index contributed by atoms with van der Waals surface area (Å²) in [4.78, 5) is 0. The van der Waals surface area contributed by atoms with Gasteiger partial charge in [-0.25, -0.2) is 0 Å². The Hall–Kier alpha value is -0.720. The number of rotatable bonds is 2. The van der Waals surface area contributed by atoms with Crippen LogP contribution in [0.4, 0.5) is 0 Å². The van der Waals surface area contributed by atoms with Gasteiger partial charge in [0.25, 0.3) is 0 Å². The van der Waals surface area contributed by atoms with Crippen LogP contribution < -0.4 is 0 Å². The zero-order chi connectivity index (χ0) is 10.9. The molecule has 1 nitrogen and oxygen atoms in total. The van der Waals surface area contributed by atoms with Crippen LogP contribution in [-0.4, -0.2) is 5.60 Å². The van der Waals surface area contributed by atoms with E-state index in [2.05, 4.69) is 53.7 Å². The Balaban J connectivity index is 3.04. The van der Waals surface area contributed by atoms with Crippen LogP contribution in [0.5, 0.6) is 0 Å². The Labute approximate surface area is 87.8 Å². The molecule has 1 heteroatoms. The SMILES string of the molecule is CC(C)C1=C(C(C)C)OC(C)(C)C=C1. The van der Waals surface area contributed by atoms with Gasteiger partial charge >= 0.3 is 0 Å². The van der Waals surface area contributed by atoms with E-state index in [1.165, 1.54) is 5.57 Å². The van der Waals surface area contributed by atoms with Crippen LogP contribution in [0.1, 0.15) is 41.5 Å². The molecule has 80 valence electrons. The Kier molecular flexibility index (Phi) is 3.08. The first-order chi connectivity index (χ1) is 6.33. The summed E-state index contributed by atoms with van der Waals surface area (Å²) in [5.74, 6) is 2.17. The van der Waals surface area contributed by atoms with Crippen molar-refractivity contribution in [2.24, 2.45) is 11.8 Å². The van der Waals surface area contributed by atoms with Gasteiger partial charge in [0.2, 0.25) is 0 Å². The third-order valence-corrected chi connectivity index (χ3v) is 2.47. The highest BCUT2D eigenvalue weighted by atomic mass is 16.5. The van der Waals surface area contributed by atoms with E-state index in [0.29, 0.717) is 11.8 Å². The summed E-state index contributed by atoms with van der Waals surface area (Å²) in [6.07, 6.45) is 4.37. The van der Waals surface area contributed by atoms with Crippen LogP contribution in [0.25, 0.3) is 0 Å². The first-order valence-electron chi connectivity index (χ1n) is 5.46. The molecule has 0 bridgehead atoms. The Bertz CT molecular complexity index is 267. The molecule has 0 N–H and O–H groups in total. The number of hydrogen-bond acceptors (Lipinski definition) is 1. The molecule has 0 saturated heterocycles. The van der Waals surface area contributed by atoms with E-state index in [1.54, 1.807) is 0 Å². The van der Waals surface area contributed by atoms with Crippen molar-refractivity contribution in [1.29, 1.82) is 0 Å². The first kappa shape index (κ1) is 11.4. The van der Waals surface area contributed by atoms with Gasteiger partial charge in [-0.15, -0.1) is 0 Å². The highest BCUT2D eigenvalue weighted by Gasteiger charge is 2.26. The van der Waals surface area contributed by atoms with E-state index < -0.39 is 0 Å². The fourth-order valence-electron chi connectivity index (χ4n) is 1.68. The third kappa shape index (κ3) is 2.40. The fourth-order valence-corrected chi connectivity index (χ4v) is 1.68. The zero-order valence-corrected chi connectivity index (χ0v) is 10.2. The second-order valence-corrected chi connectivity index (χ2v) is 5.17. The van der Waals surface area contributed by atoms with Gasteiger partial charge in [0, 0.05) is 5.92 Å². The van der Waals surface area contributed by atoms with Crippen molar-refractivity contribution in [3.05, 3.63) is 23.5 Å². The van der Waals surface area contributed by atoms with Gasteiger partial charge in [0.1, 0.15) is 11.4 Å². The Morgan fingerprint density at radius 3 is 2.07 bits per heavy atom. The van der Waals surface area contributed by atoms with E-state index >= 15 is 0 Å². The topological polar surface area (TPSA) is 9.23 Å². The molecule has 0 aliphatic carbocycles. The van der Waals surface area contributed by atoms with Crippen LogP contribution in [-0.2, 0) is 4.74 Å². The van der Waals surface area contributed by atoms with Crippen molar-refractivity contribution >= 4 is 0 Å². The van der Waals surface area contributed by atoms with Crippen molar-refractivity contribution < 1.29 is 4.74 Å². The molecule has 0 atom stereocenters. The lowest BCUT2D eigenvalue weighted by Gasteiger charge is -2.33. The largest absolute Gasteiger partial charge is 0.488 e. The summed E-state index contributed by atoms with van der Waals surface area (Å²) >= 11 is 0. The lowest BCUT2D eigenvalue weighted by Crippen LogP contribution is -2.27. The molecule has 0 aromatic rings. The molecular formula is C13H22O. The van der Waals surface area contributed by atoms with Gasteiger partial charge in [0.15, 0.2) is 0 Å². The molecule has 14 heavy (non-hydrogen) atoms. The molecule has 1 aliphatic rings. The van der Waals surface area contributed by atoms with E-state index in [-0.39, 0.29) is 5.60 Å². The average Bonchev–Trinajstić information content (AvgIpc) is 2.01. The number of ether oxygens (including phenoxy) is 1. The van der Waals surface area contributed by atoms with Gasteiger partial charge in [-0.1, -0.05) is 33.8 Å². The molecule has 0 amide bonds. The predicted octanol–water partition coefficient (Wildman–Crippen LogP) is 3.92. The molecule has 0 saturated carbocycles. The highest BCUT2D eigenvalue weighted by Crippen LogP contribution is 2.32. The summed E-state index contributed by atoms with van der Waals surface area (Å²) in [6, 6.07) is 0. The van der Waals surface area contributed by atoms with E-state index in [0.717, 1.165) is 5.76 Å². The van der Waals surface area contributed by atoms with Crippen molar-refractivity contribution in [1.82, 2.24) is 0 Å². The first-order valence-corrected chi connectivity index (χ1v) is 5.46. The van der Waals surface area contributed by atoms with Crippen molar-refractivity contribution in [2.75, 3.05) is 0 Å². The lowest BCUT2D eigenvalue weighted by molar-refractivity contribution is 0.0544. The van der Waals surface area contributed by atoms with Gasteiger partial charge in [-0.05, 0) is 31.4 Å². The molecular weight excluding hydrogens is 172 g/mol. The molecule has 0 unspecified atom stereocenters. The maximum absolute atomic E-state index is 6.00. The molecule has 0 spiro atoms. The smallest absolute Gasteiger partial charge is 0.121 e. The minimum atomic E-state index is -0.141. The second kappa shape index (κ2) is 3.80. The summed E-state index contributed by atoms with van der Waals surface area (Å²) in [6.45, 7) is 13.0. The summed E-state index contributed by atoms with van der Waals surface area (Å²) in [7, 11) is 0. The summed E-state index contributed by atoms with van der Waals surface area (Å²) in [5, 5.41) is 0. The Morgan fingerprint density at radius 1 is 1.07 bits per heavy atom. The van der Waals surface area contributed by atoms with Crippen molar-refractivity contribution in [3.8, 4) is 0 Å². The maximum Gasteiger partial charge on any atom is 0.121 e. The molecule has 1 heterocycles. The molecule has 0 aromatic carbocycles. The zero-order valence-electron chi connectivity index (χ0n) is 10.2. The fraction of sp³-hybridized carbons (Fsp3) is 0.692. The Morgan fingerprint density at radius 2 is 1.64 bits per heavy atom. The van der Waals surface area contributed by atoms with Crippen LogP contribution in [0.15, 0.2) is 23.5 Å². The lowest BCUT2D eigenvalue weighted by atomic mass is 9.92. The predicted molar refractivity (Wildman–Crippen MR) is 61.0 cm³/mol. The van der Waals surface area contributed by atoms with Crippen LogP contribution in [0, 0.1) is 11.8 Å². The van der Waals surface area contributed by atoms with Gasteiger partial charge in [-0.2, -0.15) is 0 Å². The van der Waals surface area contributed by atoms with E-state index in [4.69, 9.17) is 4.74 Å². The molecule has 1 aliphatic heterocycles. The standard InChI is InChI=1S/C13H22O/c1-9(2)11-7-8-13(5,6)14-12(11)10(3)4/h7-10H,1-6H3. The van der Waals surface area contributed by atoms with Gasteiger partial charge in [0.05, 0.1) is 0 Å². The minimum Gasteiger partial charge on any atom is -0.488 e. The average molecular weight is 194 g/mol. The third-order valence-electron chi connectivity index (χ3n) is 2.47. The monoisotopic (exact) mass is 194 g/mol. The van der Waals surface area contributed by atoms with E-state index in [9.17, 15) is 0 Å². The number of hydrogen-bond donors (Lipinski definition) is 0. The summed E-state index contributed by atoms with van der Waals surface area (Å²) < 4.78 is 6.00. The molecule has 1 rings (SSSR count). The van der Waals surface area contributed by atoms with Crippen LogP contribution in [0.2, 0.25) is 0 Å². The van der Waals surface area contributed by atoms with E-state index in [1.807, 2.05) is 0 Å². The molecule has 0 fully saturated rings. The normalized spacial score (nSPS) is 20.6. The molecule has 0 radical (unpaired) electrons. The van der Waals surface area contributed by atoms with Crippen molar-refractivity contribution in [2.45, 2.75) is 47.1 Å². The van der Waals surface area contributed by atoms with Gasteiger partial charge < -0.3 is 4.74 Å². The van der Waals surface area contributed by atoms with Gasteiger partial charge in [-0.3, -0.25) is 0 Å². The second-order valence-electron chi connectivity index (χ2n) is 5.17. The highest BCUT2D eigenvalue weighted by molar-refractivity contribution is 5.30. The van der Waals surface area contributed by atoms with Crippen LogP contribution in [0.3, 0.4) is 0 Å².